The zero-order valence-corrected chi connectivity index (χ0v) is 18.6. The molecule has 0 aliphatic carbocycles. The van der Waals surface area contributed by atoms with Crippen LogP contribution in [0.3, 0.4) is 0 Å². The lowest BCUT2D eigenvalue weighted by molar-refractivity contribution is 0.415. The van der Waals surface area contributed by atoms with Crippen LogP contribution in [0.5, 0.6) is 5.75 Å². The summed E-state index contributed by atoms with van der Waals surface area (Å²) in [5, 5.41) is 8.93. The van der Waals surface area contributed by atoms with Gasteiger partial charge in [-0.25, -0.2) is 9.98 Å². The first-order valence-electron chi connectivity index (χ1n) is 9.86. The van der Waals surface area contributed by atoms with E-state index < -0.39 is 0 Å². The maximum absolute atomic E-state index is 5.28. The number of hydrogen-bond acceptors (Lipinski definition) is 6. The summed E-state index contributed by atoms with van der Waals surface area (Å²) in [6.45, 7) is 5.34. The van der Waals surface area contributed by atoms with Crippen LogP contribution in [-0.2, 0) is 6.42 Å². The first kappa shape index (κ1) is 20.0. The summed E-state index contributed by atoms with van der Waals surface area (Å²) in [5.74, 6) is 2.59. The number of fused-ring (bicyclic) bond motifs is 1. The zero-order chi connectivity index (χ0) is 20.2. The Bertz CT molecular complexity index is 998. The first-order valence-corrected chi connectivity index (χ1v) is 11.7. The van der Waals surface area contributed by atoms with Crippen molar-refractivity contribution in [3.05, 3.63) is 48.0 Å². The SMILES string of the molecule is COc1ccc2nc(NCCc3ccc(/N=C4/N[C@@H](C(C)C)CS4)cc3)sc2c1. The molecule has 4 rings (SSSR count). The number of aromatic nitrogens is 1. The summed E-state index contributed by atoms with van der Waals surface area (Å²) in [6.07, 6.45) is 0.943. The van der Waals surface area contributed by atoms with Gasteiger partial charge in [0.15, 0.2) is 10.3 Å². The fourth-order valence-corrected chi connectivity index (χ4v) is 5.24. The van der Waals surface area contributed by atoms with Gasteiger partial charge in [0.2, 0.25) is 0 Å². The van der Waals surface area contributed by atoms with E-state index in [-0.39, 0.29) is 0 Å². The molecule has 2 aromatic carbocycles. The number of ether oxygens (including phenoxy) is 1. The van der Waals surface area contributed by atoms with E-state index in [0.29, 0.717) is 12.0 Å². The molecule has 1 fully saturated rings. The zero-order valence-electron chi connectivity index (χ0n) is 16.9. The highest BCUT2D eigenvalue weighted by Crippen LogP contribution is 2.29. The first-order chi connectivity index (χ1) is 14.1. The van der Waals surface area contributed by atoms with Crippen LogP contribution in [0.2, 0.25) is 0 Å². The number of nitrogens with zero attached hydrogens (tertiary/aromatic N) is 2. The average Bonchev–Trinajstić information content (AvgIpc) is 3.35. The third-order valence-corrected chi connectivity index (χ3v) is 6.95. The molecule has 0 spiro atoms. The third-order valence-electron chi connectivity index (χ3n) is 4.97. The van der Waals surface area contributed by atoms with E-state index in [4.69, 9.17) is 9.73 Å². The van der Waals surface area contributed by atoms with Crippen molar-refractivity contribution in [1.29, 1.82) is 0 Å². The van der Waals surface area contributed by atoms with Gasteiger partial charge in [0, 0.05) is 18.3 Å². The molecular weight excluding hydrogens is 400 g/mol. The van der Waals surface area contributed by atoms with Crippen molar-refractivity contribution in [3.63, 3.8) is 0 Å². The number of amidine groups is 1. The minimum Gasteiger partial charge on any atom is -0.497 e. The highest BCUT2D eigenvalue weighted by molar-refractivity contribution is 8.14. The largest absolute Gasteiger partial charge is 0.497 e. The molecule has 7 heteroatoms. The van der Waals surface area contributed by atoms with Crippen molar-refractivity contribution in [2.75, 3.05) is 24.7 Å². The molecule has 0 amide bonds. The van der Waals surface area contributed by atoms with E-state index in [9.17, 15) is 0 Å². The number of benzene rings is 2. The van der Waals surface area contributed by atoms with Gasteiger partial charge in [-0.15, -0.1) is 0 Å². The third kappa shape index (κ3) is 5.03. The van der Waals surface area contributed by atoms with E-state index >= 15 is 0 Å². The van der Waals surface area contributed by atoms with Crippen LogP contribution in [0.15, 0.2) is 47.5 Å². The number of nitrogens with one attached hydrogen (secondary N) is 2. The van der Waals surface area contributed by atoms with Crippen molar-refractivity contribution in [2.45, 2.75) is 26.3 Å². The highest BCUT2D eigenvalue weighted by Gasteiger charge is 2.22. The van der Waals surface area contributed by atoms with Gasteiger partial charge in [-0.3, -0.25) is 0 Å². The van der Waals surface area contributed by atoms with Crippen LogP contribution in [0.1, 0.15) is 19.4 Å². The second-order valence-electron chi connectivity index (χ2n) is 7.42. The van der Waals surface area contributed by atoms with Crippen molar-refractivity contribution in [2.24, 2.45) is 10.9 Å². The molecule has 3 aromatic rings. The number of rotatable bonds is 7. The number of methoxy groups -OCH3 is 1. The fourth-order valence-electron chi connectivity index (χ4n) is 3.11. The van der Waals surface area contributed by atoms with Crippen molar-refractivity contribution in [3.8, 4) is 5.75 Å². The van der Waals surface area contributed by atoms with Crippen LogP contribution in [0.4, 0.5) is 10.8 Å². The molecule has 2 heterocycles. The van der Waals surface area contributed by atoms with Gasteiger partial charge >= 0.3 is 0 Å². The minimum atomic E-state index is 0.521. The number of aliphatic imine (C=N–C) groups is 1. The molecule has 0 saturated carbocycles. The van der Waals surface area contributed by atoms with Gasteiger partial charge in [-0.1, -0.05) is 49.1 Å². The van der Waals surface area contributed by atoms with E-state index in [2.05, 4.69) is 53.7 Å². The van der Waals surface area contributed by atoms with Crippen LogP contribution < -0.4 is 15.4 Å². The second-order valence-corrected chi connectivity index (χ2v) is 9.46. The number of hydrogen-bond donors (Lipinski definition) is 2. The van der Waals surface area contributed by atoms with Crippen molar-refractivity contribution >= 4 is 49.3 Å². The molecule has 0 bridgehead atoms. The highest BCUT2D eigenvalue weighted by atomic mass is 32.2. The Balaban J connectivity index is 1.30. The molecule has 2 N–H and O–H groups in total. The molecule has 1 aliphatic rings. The number of anilines is 1. The second kappa shape index (κ2) is 9.05. The Morgan fingerprint density at radius 2 is 2.07 bits per heavy atom. The molecular formula is C22H26N4OS2. The average molecular weight is 427 g/mol. The van der Waals surface area contributed by atoms with Gasteiger partial charge < -0.3 is 15.4 Å². The number of thioether (sulfide) groups is 1. The standard InChI is InChI=1S/C22H26N4OS2/c1-14(2)19-13-28-22(26-19)24-16-6-4-15(5-7-16)10-11-23-21-25-18-9-8-17(27-3)12-20(18)29-21/h4-9,12,14,19H,10-11,13H2,1-3H3,(H,23,25)(H,24,26)/t19-/m1/s1. The summed E-state index contributed by atoms with van der Waals surface area (Å²) >= 11 is 3.46. The van der Waals surface area contributed by atoms with Gasteiger partial charge in [0.1, 0.15) is 5.75 Å². The monoisotopic (exact) mass is 426 g/mol. The van der Waals surface area contributed by atoms with E-state index in [1.165, 1.54) is 5.56 Å². The van der Waals surface area contributed by atoms with Crippen LogP contribution in [0, 0.1) is 5.92 Å². The van der Waals surface area contributed by atoms with Gasteiger partial charge in [-0.05, 0) is 48.2 Å². The van der Waals surface area contributed by atoms with Gasteiger partial charge in [-0.2, -0.15) is 0 Å². The summed E-state index contributed by atoms with van der Waals surface area (Å²) in [5.41, 5.74) is 3.29. The molecule has 1 aromatic heterocycles. The Kier molecular flexibility index (Phi) is 6.25. The summed E-state index contributed by atoms with van der Waals surface area (Å²) in [4.78, 5) is 9.37. The van der Waals surface area contributed by atoms with E-state index in [0.717, 1.165) is 50.7 Å². The fraction of sp³-hybridized carbons (Fsp3) is 0.364. The Hall–Kier alpha value is -2.25. The van der Waals surface area contributed by atoms with Crippen LogP contribution in [-0.4, -0.2) is 35.6 Å². The Labute approximate surface area is 180 Å². The van der Waals surface area contributed by atoms with Crippen molar-refractivity contribution in [1.82, 2.24) is 10.3 Å². The number of thiazole rings is 1. The molecule has 5 nitrogen and oxygen atoms in total. The van der Waals surface area contributed by atoms with E-state index in [1.807, 2.05) is 30.0 Å². The predicted octanol–water partition coefficient (Wildman–Crippen LogP) is 5.31. The topological polar surface area (TPSA) is 58.5 Å². The maximum atomic E-state index is 5.28. The molecule has 152 valence electrons. The molecule has 1 aliphatic heterocycles. The smallest absolute Gasteiger partial charge is 0.183 e. The molecule has 1 atom stereocenters. The van der Waals surface area contributed by atoms with Gasteiger partial charge in [0.25, 0.3) is 0 Å². The Morgan fingerprint density at radius 3 is 2.79 bits per heavy atom. The van der Waals surface area contributed by atoms with Crippen LogP contribution >= 0.6 is 23.1 Å². The Morgan fingerprint density at radius 1 is 1.24 bits per heavy atom. The quantitative estimate of drug-likeness (QED) is 0.536. The molecule has 29 heavy (non-hydrogen) atoms. The lowest BCUT2D eigenvalue weighted by atomic mass is 10.1. The molecule has 1 saturated heterocycles. The normalized spacial score (nSPS) is 17.8. The van der Waals surface area contributed by atoms with E-state index in [1.54, 1.807) is 18.4 Å². The molecule has 0 radical (unpaired) electrons. The lowest BCUT2D eigenvalue weighted by Crippen LogP contribution is -2.31. The molecule has 0 unspecified atom stereocenters. The summed E-state index contributed by atoms with van der Waals surface area (Å²) in [7, 11) is 1.68. The van der Waals surface area contributed by atoms with Crippen LogP contribution in [0.25, 0.3) is 10.2 Å². The lowest BCUT2D eigenvalue weighted by Gasteiger charge is -2.13. The predicted molar refractivity (Wildman–Crippen MR) is 126 cm³/mol. The summed E-state index contributed by atoms with van der Waals surface area (Å²) in [6, 6.07) is 15.0. The maximum Gasteiger partial charge on any atom is 0.183 e. The van der Waals surface area contributed by atoms with Gasteiger partial charge in [0.05, 0.1) is 23.0 Å². The minimum absolute atomic E-state index is 0.521. The van der Waals surface area contributed by atoms with Crippen molar-refractivity contribution < 1.29 is 4.74 Å². The summed E-state index contributed by atoms with van der Waals surface area (Å²) < 4.78 is 6.41.